The summed E-state index contributed by atoms with van der Waals surface area (Å²) in [5.41, 5.74) is 1.78. The zero-order valence-electron chi connectivity index (χ0n) is 20.6. The Balaban J connectivity index is 2.04. The number of carbonyl (C=O) groups is 2. The van der Waals surface area contributed by atoms with Crippen LogP contribution < -0.4 is 9.62 Å². The van der Waals surface area contributed by atoms with Crippen molar-refractivity contribution in [2.24, 2.45) is 0 Å². The molecule has 0 spiro atoms. The molecule has 196 valence electrons. The molecule has 0 heterocycles. The van der Waals surface area contributed by atoms with Gasteiger partial charge in [-0.15, -0.1) is 0 Å². The van der Waals surface area contributed by atoms with E-state index in [9.17, 15) is 18.0 Å². The molecule has 1 atom stereocenters. The van der Waals surface area contributed by atoms with Crippen molar-refractivity contribution in [1.82, 2.24) is 10.2 Å². The lowest BCUT2D eigenvalue weighted by atomic mass is 10.0. The van der Waals surface area contributed by atoms with E-state index in [4.69, 9.17) is 23.2 Å². The molecule has 37 heavy (non-hydrogen) atoms. The van der Waals surface area contributed by atoms with Gasteiger partial charge in [0.15, 0.2) is 0 Å². The third kappa shape index (κ3) is 7.95. The fourth-order valence-corrected chi connectivity index (χ4v) is 5.05. The van der Waals surface area contributed by atoms with Gasteiger partial charge < -0.3 is 10.2 Å². The van der Waals surface area contributed by atoms with Crippen LogP contribution in [0.5, 0.6) is 0 Å². The van der Waals surface area contributed by atoms with E-state index < -0.39 is 28.5 Å². The molecule has 0 saturated carbocycles. The van der Waals surface area contributed by atoms with Gasteiger partial charge in [-0.3, -0.25) is 13.9 Å². The summed E-state index contributed by atoms with van der Waals surface area (Å²) < 4.78 is 26.4. The lowest BCUT2D eigenvalue weighted by Crippen LogP contribution is -2.53. The standard InChI is InChI=1S/C27H29Cl2N3O4S/c1-3-30-27(34)25(17-20-9-5-4-6-10-20)31(18-21-11-7-8-12-24(21)29)26(33)19-32(37(2,35)36)23-15-13-22(28)14-16-23/h4-16,25H,3,17-19H2,1-2H3,(H,30,34)/t25-/m0/s1. The summed E-state index contributed by atoms with van der Waals surface area (Å²) in [6.07, 6.45) is 1.27. The first-order valence-corrected chi connectivity index (χ1v) is 14.3. The van der Waals surface area contributed by atoms with Crippen LogP contribution in [0.15, 0.2) is 78.9 Å². The molecule has 1 N–H and O–H groups in total. The predicted molar refractivity (Wildman–Crippen MR) is 148 cm³/mol. The van der Waals surface area contributed by atoms with Gasteiger partial charge in [-0.25, -0.2) is 8.42 Å². The Labute approximate surface area is 228 Å². The number of sulfonamides is 1. The topological polar surface area (TPSA) is 86.8 Å². The minimum atomic E-state index is -3.84. The summed E-state index contributed by atoms with van der Waals surface area (Å²) in [5, 5.41) is 3.68. The zero-order chi connectivity index (χ0) is 27.0. The maximum absolute atomic E-state index is 13.9. The van der Waals surface area contributed by atoms with E-state index in [-0.39, 0.29) is 24.6 Å². The van der Waals surface area contributed by atoms with Crippen LogP contribution >= 0.6 is 23.2 Å². The molecule has 0 aliphatic carbocycles. The van der Waals surface area contributed by atoms with Gasteiger partial charge in [0, 0.05) is 29.6 Å². The van der Waals surface area contributed by atoms with Gasteiger partial charge in [-0.05, 0) is 48.4 Å². The molecule has 0 unspecified atom stereocenters. The van der Waals surface area contributed by atoms with Crippen LogP contribution in [0.25, 0.3) is 0 Å². The summed E-state index contributed by atoms with van der Waals surface area (Å²) in [6.45, 7) is 1.68. The maximum atomic E-state index is 13.9. The second-order valence-electron chi connectivity index (χ2n) is 8.46. The van der Waals surface area contributed by atoms with Crippen molar-refractivity contribution in [2.45, 2.75) is 25.9 Å². The first kappa shape index (κ1) is 28.5. The van der Waals surface area contributed by atoms with Crippen LogP contribution in [0.3, 0.4) is 0 Å². The molecule has 0 aromatic heterocycles. The van der Waals surface area contributed by atoms with Crippen LogP contribution in [-0.4, -0.2) is 50.5 Å². The summed E-state index contributed by atoms with van der Waals surface area (Å²) in [6, 6.07) is 21.6. The zero-order valence-corrected chi connectivity index (χ0v) is 22.9. The second kappa shape index (κ2) is 12.9. The van der Waals surface area contributed by atoms with Crippen LogP contribution in [0, 0.1) is 0 Å². The Morgan fingerprint density at radius 3 is 2.14 bits per heavy atom. The van der Waals surface area contributed by atoms with E-state index in [1.807, 2.05) is 30.3 Å². The third-order valence-electron chi connectivity index (χ3n) is 5.71. The van der Waals surface area contributed by atoms with E-state index in [1.165, 1.54) is 17.0 Å². The Morgan fingerprint density at radius 1 is 0.919 bits per heavy atom. The number of nitrogens with one attached hydrogen (secondary N) is 1. The average molecular weight is 563 g/mol. The molecule has 0 fully saturated rings. The molecule has 7 nitrogen and oxygen atoms in total. The molecule has 3 rings (SSSR count). The number of hydrogen-bond acceptors (Lipinski definition) is 4. The molecule has 0 saturated heterocycles. The molecular formula is C27H29Cl2N3O4S. The minimum absolute atomic E-state index is 0.0192. The highest BCUT2D eigenvalue weighted by molar-refractivity contribution is 7.92. The van der Waals surface area contributed by atoms with Crippen molar-refractivity contribution < 1.29 is 18.0 Å². The number of nitrogens with zero attached hydrogens (tertiary/aromatic N) is 2. The van der Waals surface area contributed by atoms with Gasteiger partial charge in [-0.2, -0.15) is 0 Å². The first-order chi connectivity index (χ1) is 17.6. The fraction of sp³-hybridized carbons (Fsp3) is 0.259. The molecule has 3 aromatic rings. The van der Waals surface area contributed by atoms with Crippen molar-refractivity contribution >= 4 is 50.7 Å². The van der Waals surface area contributed by atoms with E-state index in [0.717, 1.165) is 16.1 Å². The minimum Gasteiger partial charge on any atom is -0.355 e. The largest absolute Gasteiger partial charge is 0.355 e. The summed E-state index contributed by atoms with van der Waals surface area (Å²) in [4.78, 5) is 28.5. The molecule has 3 aromatic carbocycles. The number of carbonyl (C=O) groups excluding carboxylic acids is 2. The van der Waals surface area contributed by atoms with Crippen molar-refractivity contribution in [3.05, 3.63) is 100 Å². The Kier molecular flexibility index (Phi) is 9.97. The van der Waals surface area contributed by atoms with Gasteiger partial charge in [0.25, 0.3) is 0 Å². The highest BCUT2D eigenvalue weighted by atomic mass is 35.5. The summed E-state index contributed by atoms with van der Waals surface area (Å²) >= 11 is 12.4. The average Bonchev–Trinajstić information content (AvgIpc) is 2.86. The summed E-state index contributed by atoms with van der Waals surface area (Å²) in [5.74, 6) is -0.892. The van der Waals surface area contributed by atoms with E-state index in [0.29, 0.717) is 22.2 Å². The molecule has 0 aliphatic heterocycles. The molecular weight excluding hydrogens is 533 g/mol. The van der Waals surface area contributed by atoms with Gasteiger partial charge in [-0.1, -0.05) is 71.7 Å². The SMILES string of the molecule is CCNC(=O)[C@H](Cc1ccccc1)N(Cc1ccccc1Cl)C(=O)CN(c1ccc(Cl)cc1)S(C)(=O)=O. The smallest absolute Gasteiger partial charge is 0.244 e. The Hall–Kier alpha value is -3.07. The number of halogens is 2. The van der Waals surface area contributed by atoms with Gasteiger partial charge in [0.2, 0.25) is 21.8 Å². The van der Waals surface area contributed by atoms with Crippen molar-refractivity contribution in [3.8, 4) is 0 Å². The van der Waals surface area contributed by atoms with Gasteiger partial charge in [0.1, 0.15) is 12.6 Å². The number of likely N-dealkylation sites (N-methyl/N-ethyl adjacent to an activating group) is 1. The Bertz CT molecular complexity index is 1320. The fourth-order valence-electron chi connectivity index (χ4n) is 3.88. The normalized spacial score (nSPS) is 12.0. The number of amides is 2. The number of benzene rings is 3. The monoisotopic (exact) mass is 561 g/mol. The van der Waals surface area contributed by atoms with E-state index >= 15 is 0 Å². The van der Waals surface area contributed by atoms with E-state index in [2.05, 4.69) is 5.32 Å². The second-order valence-corrected chi connectivity index (χ2v) is 11.2. The number of rotatable bonds is 11. The Morgan fingerprint density at radius 2 is 1.54 bits per heavy atom. The molecule has 2 amide bonds. The lowest BCUT2D eigenvalue weighted by Gasteiger charge is -2.33. The summed E-state index contributed by atoms with van der Waals surface area (Å²) in [7, 11) is -3.84. The molecule has 0 bridgehead atoms. The van der Waals surface area contributed by atoms with Gasteiger partial charge >= 0.3 is 0 Å². The third-order valence-corrected chi connectivity index (χ3v) is 7.48. The van der Waals surface area contributed by atoms with Crippen LogP contribution in [0.4, 0.5) is 5.69 Å². The van der Waals surface area contributed by atoms with Crippen molar-refractivity contribution in [1.29, 1.82) is 0 Å². The number of hydrogen-bond donors (Lipinski definition) is 1. The van der Waals surface area contributed by atoms with Crippen molar-refractivity contribution in [3.63, 3.8) is 0 Å². The highest BCUT2D eigenvalue weighted by Gasteiger charge is 2.33. The van der Waals surface area contributed by atoms with E-state index in [1.54, 1.807) is 43.3 Å². The number of anilines is 1. The molecule has 0 aliphatic rings. The van der Waals surface area contributed by atoms with Gasteiger partial charge in [0.05, 0.1) is 11.9 Å². The molecule has 0 radical (unpaired) electrons. The van der Waals surface area contributed by atoms with Crippen molar-refractivity contribution in [2.75, 3.05) is 23.7 Å². The first-order valence-electron chi connectivity index (χ1n) is 11.7. The van der Waals surface area contributed by atoms with Crippen LogP contribution in [0.1, 0.15) is 18.1 Å². The quantitative estimate of drug-likeness (QED) is 0.372. The van der Waals surface area contributed by atoms with Crippen LogP contribution in [-0.2, 0) is 32.6 Å². The maximum Gasteiger partial charge on any atom is 0.244 e. The predicted octanol–water partition coefficient (Wildman–Crippen LogP) is 4.54. The lowest BCUT2D eigenvalue weighted by molar-refractivity contribution is -0.140. The molecule has 10 heteroatoms. The highest BCUT2D eigenvalue weighted by Crippen LogP contribution is 2.24. The van der Waals surface area contributed by atoms with Crippen LogP contribution in [0.2, 0.25) is 10.0 Å².